The molecular weight excluding hydrogens is 198 g/mol. The lowest BCUT2D eigenvalue weighted by Gasteiger charge is -2.14. The van der Waals surface area contributed by atoms with Crippen molar-refractivity contribution in [1.82, 2.24) is 9.97 Å². The van der Waals surface area contributed by atoms with Crippen molar-refractivity contribution in [3.8, 4) is 0 Å². The molecule has 0 saturated heterocycles. The van der Waals surface area contributed by atoms with Crippen LogP contribution < -0.4 is 5.32 Å². The van der Waals surface area contributed by atoms with Gasteiger partial charge in [0.15, 0.2) is 0 Å². The van der Waals surface area contributed by atoms with Gasteiger partial charge in [-0.25, -0.2) is 9.97 Å². The van der Waals surface area contributed by atoms with Crippen LogP contribution in [0.3, 0.4) is 0 Å². The zero-order chi connectivity index (χ0) is 9.97. The molecule has 0 unspecified atom stereocenters. The van der Waals surface area contributed by atoms with E-state index in [-0.39, 0.29) is 0 Å². The third-order valence-electron chi connectivity index (χ3n) is 2.37. The summed E-state index contributed by atoms with van der Waals surface area (Å²) in [5, 5.41) is 3.87. The molecule has 4 heteroatoms. The Hall–Kier alpha value is -1.09. The average Bonchev–Trinajstić information content (AvgIpc) is 2.66. The Morgan fingerprint density at radius 2 is 2.07 bits per heavy atom. The Morgan fingerprint density at radius 3 is 2.79 bits per heavy atom. The van der Waals surface area contributed by atoms with Gasteiger partial charge < -0.3 is 5.32 Å². The van der Waals surface area contributed by atoms with Crippen molar-refractivity contribution in [3.05, 3.63) is 29.2 Å². The maximum atomic E-state index is 5.89. The summed E-state index contributed by atoms with van der Waals surface area (Å²) in [4.78, 5) is 8.08. The van der Waals surface area contributed by atoms with Crippen LogP contribution in [0.25, 0.3) is 0 Å². The van der Waals surface area contributed by atoms with Gasteiger partial charge in [-0.05, 0) is 19.8 Å². The van der Waals surface area contributed by atoms with Crippen molar-refractivity contribution in [1.29, 1.82) is 0 Å². The van der Waals surface area contributed by atoms with E-state index in [9.17, 15) is 0 Å². The van der Waals surface area contributed by atoms with Crippen LogP contribution in [0.4, 0.5) is 5.82 Å². The molecule has 3 nitrogen and oxygen atoms in total. The minimum absolute atomic E-state index is 0.458. The minimum atomic E-state index is 0.458. The topological polar surface area (TPSA) is 37.8 Å². The molecule has 1 aromatic heterocycles. The van der Waals surface area contributed by atoms with Gasteiger partial charge in [-0.15, -0.1) is 0 Å². The highest BCUT2D eigenvalue weighted by atomic mass is 35.5. The Labute approximate surface area is 88.2 Å². The number of nitrogens with one attached hydrogen (secondary N) is 1. The summed E-state index contributed by atoms with van der Waals surface area (Å²) >= 11 is 5.89. The molecule has 0 amide bonds. The van der Waals surface area contributed by atoms with Crippen LogP contribution in [0.5, 0.6) is 0 Å². The predicted molar refractivity (Wildman–Crippen MR) is 57.6 cm³/mol. The fraction of sp³-hybridized carbons (Fsp3) is 0.400. The number of nitrogens with zero attached hydrogens (tertiary/aromatic N) is 2. The average molecular weight is 210 g/mol. The van der Waals surface area contributed by atoms with Crippen LogP contribution in [0.15, 0.2) is 18.5 Å². The molecular formula is C10H12ClN3. The number of aromatic nitrogens is 2. The molecule has 0 saturated carbocycles. The molecule has 14 heavy (non-hydrogen) atoms. The summed E-state index contributed by atoms with van der Waals surface area (Å²) in [5.41, 5.74) is 0.918. The molecule has 2 rings (SSSR count). The van der Waals surface area contributed by atoms with Gasteiger partial charge in [-0.1, -0.05) is 23.8 Å². The zero-order valence-electron chi connectivity index (χ0n) is 8.00. The molecule has 1 aromatic rings. The van der Waals surface area contributed by atoms with Crippen LogP contribution >= 0.6 is 11.6 Å². The van der Waals surface area contributed by atoms with Crippen molar-refractivity contribution in [2.45, 2.75) is 25.8 Å². The molecule has 1 aliphatic carbocycles. The summed E-state index contributed by atoms with van der Waals surface area (Å²) in [6.45, 7) is 1.92. The number of halogens is 1. The van der Waals surface area contributed by atoms with Crippen LogP contribution in [0.2, 0.25) is 5.15 Å². The SMILES string of the molecule is Cc1c(Cl)ncnc1NC1CC=CC1. The number of hydrogen-bond donors (Lipinski definition) is 1. The largest absolute Gasteiger partial charge is 0.366 e. The highest BCUT2D eigenvalue weighted by Gasteiger charge is 2.12. The van der Waals surface area contributed by atoms with E-state index >= 15 is 0 Å². The highest BCUT2D eigenvalue weighted by Crippen LogP contribution is 2.21. The van der Waals surface area contributed by atoms with Crippen LogP contribution in [-0.2, 0) is 0 Å². The van der Waals surface area contributed by atoms with E-state index < -0.39 is 0 Å². The summed E-state index contributed by atoms with van der Waals surface area (Å²) in [7, 11) is 0. The first-order valence-electron chi connectivity index (χ1n) is 4.66. The second-order valence-corrected chi connectivity index (χ2v) is 3.78. The van der Waals surface area contributed by atoms with E-state index in [1.54, 1.807) is 0 Å². The fourth-order valence-electron chi connectivity index (χ4n) is 1.50. The van der Waals surface area contributed by atoms with Crippen molar-refractivity contribution in [3.63, 3.8) is 0 Å². The van der Waals surface area contributed by atoms with Gasteiger partial charge in [0.05, 0.1) is 0 Å². The lowest BCUT2D eigenvalue weighted by molar-refractivity contribution is 0.778. The minimum Gasteiger partial charge on any atom is -0.366 e. The maximum Gasteiger partial charge on any atom is 0.137 e. The Kier molecular flexibility index (Phi) is 2.68. The van der Waals surface area contributed by atoms with Crippen LogP contribution in [0.1, 0.15) is 18.4 Å². The van der Waals surface area contributed by atoms with Crippen LogP contribution in [0, 0.1) is 6.92 Å². The van der Waals surface area contributed by atoms with Gasteiger partial charge in [0.2, 0.25) is 0 Å². The quantitative estimate of drug-likeness (QED) is 0.601. The molecule has 74 valence electrons. The van der Waals surface area contributed by atoms with E-state index in [1.165, 1.54) is 6.33 Å². The van der Waals surface area contributed by atoms with Gasteiger partial charge in [-0.3, -0.25) is 0 Å². The Bertz CT molecular complexity index is 354. The lowest BCUT2D eigenvalue weighted by atomic mass is 10.2. The van der Waals surface area contributed by atoms with Crippen molar-refractivity contribution >= 4 is 17.4 Å². The molecule has 0 atom stereocenters. The van der Waals surface area contributed by atoms with Crippen molar-refractivity contribution in [2.24, 2.45) is 0 Å². The first-order chi connectivity index (χ1) is 6.77. The zero-order valence-corrected chi connectivity index (χ0v) is 8.75. The number of anilines is 1. The van der Waals surface area contributed by atoms with Gasteiger partial charge in [0, 0.05) is 11.6 Å². The molecule has 1 aliphatic rings. The molecule has 0 aliphatic heterocycles. The summed E-state index contributed by atoms with van der Waals surface area (Å²) in [6.07, 6.45) is 7.95. The summed E-state index contributed by atoms with van der Waals surface area (Å²) in [5.74, 6) is 0.846. The maximum absolute atomic E-state index is 5.89. The molecule has 0 bridgehead atoms. The van der Waals surface area contributed by atoms with Gasteiger partial charge in [0.25, 0.3) is 0 Å². The van der Waals surface area contributed by atoms with E-state index in [0.717, 1.165) is 24.2 Å². The van der Waals surface area contributed by atoms with Gasteiger partial charge >= 0.3 is 0 Å². The van der Waals surface area contributed by atoms with Crippen LogP contribution in [-0.4, -0.2) is 16.0 Å². The lowest BCUT2D eigenvalue weighted by Crippen LogP contribution is -2.17. The number of rotatable bonds is 2. The van der Waals surface area contributed by atoms with E-state index in [0.29, 0.717) is 11.2 Å². The summed E-state index contributed by atoms with van der Waals surface area (Å²) in [6, 6.07) is 0.458. The first kappa shape index (κ1) is 9.46. The first-order valence-corrected chi connectivity index (χ1v) is 5.04. The molecule has 1 N–H and O–H groups in total. The van der Waals surface area contributed by atoms with E-state index in [1.807, 2.05) is 6.92 Å². The summed E-state index contributed by atoms with van der Waals surface area (Å²) < 4.78 is 0. The monoisotopic (exact) mass is 209 g/mol. The molecule has 1 heterocycles. The second kappa shape index (κ2) is 3.96. The van der Waals surface area contributed by atoms with Crippen molar-refractivity contribution in [2.75, 3.05) is 5.32 Å². The predicted octanol–water partition coefficient (Wildman–Crippen LogP) is 2.57. The van der Waals surface area contributed by atoms with E-state index in [2.05, 4.69) is 27.4 Å². The van der Waals surface area contributed by atoms with Gasteiger partial charge in [0.1, 0.15) is 17.3 Å². The molecule has 0 aromatic carbocycles. The standard InChI is InChI=1S/C10H12ClN3/c1-7-9(11)12-6-13-10(7)14-8-4-2-3-5-8/h2-3,6,8H,4-5H2,1H3,(H,12,13,14). The Balaban J connectivity index is 2.12. The molecule has 0 radical (unpaired) electrons. The van der Waals surface area contributed by atoms with Gasteiger partial charge in [-0.2, -0.15) is 0 Å². The third kappa shape index (κ3) is 1.87. The Morgan fingerprint density at radius 1 is 1.36 bits per heavy atom. The molecule has 0 spiro atoms. The second-order valence-electron chi connectivity index (χ2n) is 3.42. The number of hydrogen-bond acceptors (Lipinski definition) is 3. The van der Waals surface area contributed by atoms with E-state index in [4.69, 9.17) is 11.6 Å². The highest BCUT2D eigenvalue weighted by molar-refractivity contribution is 6.30. The third-order valence-corrected chi connectivity index (χ3v) is 2.75. The normalized spacial score (nSPS) is 16.1. The van der Waals surface area contributed by atoms with Crippen molar-refractivity contribution < 1.29 is 0 Å². The fourth-order valence-corrected chi connectivity index (χ4v) is 1.64. The molecule has 0 fully saturated rings. The smallest absolute Gasteiger partial charge is 0.137 e.